The minimum Gasteiger partial charge on any atom is -0.402 e. The molecule has 4 rings (SSSR count). The van der Waals surface area contributed by atoms with Crippen LogP contribution in [0.3, 0.4) is 0 Å². The van der Waals surface area contributed by atoms with E-state index in [2.05, 4.69) is 9.89 Å². The number of fused-ring (bicyclic) bond motifs is 4. The van der Waals surface area contributed by atoms with Crippen LogP contribution < -0.4 is 5.73 Å². The van der Waals surface area contributed by atoms with E-state index in [0.717, 1.165) is 56.7 Å². The van der Waals surface area contributed by atoms with Gasteiger partial charge in [0.15, 0.2) is 0 Å². The Labute approximate surface area is 125 Å². The van der Waals surface area contributed by atoms with Gasteiger partial charge in [-0.3, -0.25) is 0 Å². The average molecular weight is 292 g/mol. The van der Waals surface area contributed by atoms with Gasteiger partial charge < -0.3 is 20.3 Å². The van der Waals surface area contributed by atoms with Crippen molar-refractivity contribution in [3.63, 3.8) is 0 Å². The molecule has 0 saturated carbocycles. The van der Waals surface area contributed by atoms with Gasteiger partial charge in [-0.15, -0.1) is 0 Å². The molecule has 116 valence electrons. The van der Waals surface area contributed by atoms with Crippen molar-refractivity contribution in [1.82, 2.24) is 9.80 Å². The molecule has 4 heterocycles. The molecule has 6 heteroatoms. The van der Waals surface area contributed by atoms with Crippen molar-refractivity contribution in [2.24, 2.45) is 10.7 Å². The molecule has 0 aliphatic carbocycles. The van der Waals surface area contributed by atoms with Crippen molar-refractivity contribution in [1.29, 1.82) is 0 Å². The smallest absolute Gasteiger partial charge is 0.344 e. The van der Waals surface area contributed by atoms with E-state index in [0.29, 0.717) is 25.0 Å². The zero-order valence-corrected chi connectivity index (χ0v) is 12.7. The van der Waals surface area contributed by atoms with Gasteiger partial charge >= 0.3 is 6.03 Å². The van der Waals surface area contributed by atoms with Crippen LogP contribution in [0.5, 0.6) is 0 Å². The van der Waals surface area contributed by atoms with Crippen LogP contribution in [0, 0.1) is 0 Å². The van der Waals surface area contributed by atoms with E-state index in [4.69, 9.17) is 10.5 Å². The van der Waals surface area contributed by atoms with E-state index in [1.165, 1.54) is 0 Å². The number of rotatable bonds is 0. The molecule has 2 bridgehead atoms. The number of carbonyl (C=O) groups is 1. The molecule has 0 spiro atoms. The largest absolute Gasteiger partial charge is 0.402 e. The number of carbonyl (C=O) groups excluding carboxylic acids is 1. The molecular formula is C15H24N4O2. The second kappa shape index (κ2) is 6.15. The first-order valence-corrected chi connectivity index (χ1v) is 7.79. The number of nitrogens with two attached hydrogens (primary N) is 1. The highest BCUT2D eigenvalue weighted by Gasteiger charge is 2.32. The van der Waals surface area contributed by atoms with Crippen molar-refractivity contribution in [2.45, 2.75) is 32.2 Å². The number of hydrogen-bond acceptors (Lipinski definition) is 4. The summed E-state index contributed by atoms with van der Waals surface area (Å²) in [6.45, 7) is 6.84. The van der Waals surface area contributed by atoms with E-state index < -0.39 is 0 Å². The third-order valence-corrected chi connectivity index (χ3v) is 4.69. The Kier molecular flexibility index (Phi) is 4.26. The van der Waals surface area contributed by atoms with E-state index in [9.17, 15) is 4.79 Å². The summed E-state index contributed by atoms with van der Waals surface area (Å²) in [5, 5.41) is 0. The first kappa shape index (κ1) is 14.5. The lowest BCUT2D eigenvalue weighted by molar-refractivity contribution is 0.163. The molecule has 2 N–H and O–H groups in total. The van der Waals surface area contributed by atoms with Gasteiger partial charge in [0.1, 0.15) is 0 Å². The number of nitrogens with zero attached hydrogens (tertiary/aromatic N) is 3. The number of aliphatic imine (C=N–C) groups is 1. The minimum absolute atomic E-state index is 0.122. The quantitative estimate of drug-likeness (QED) is 0.722. The van der Waals surface area contributed by atoms with E-state index in [1.807, 2.05) is 11.8 Å². The lowest BCUT2D eigenvalue weighted by atomic mass is 10.0. The third kappa shape index (κ3) is 3.11. The first-order valence-electron chi connectivity index (χ1n) is 7.79. The molecule has 0 aromatic rings. The summed E-state index contributed by atoms with van der Waals surface area (Å²) in [6.07, 6.45) is 2.86. The monoisotopic (exact) mass is 292 g/mol. The predicted octanol–water partition coefficient (Wildman–Crippen LogP) is 0.980. The minimum atomic E-state index is -0.122. The van der Waals surface area contributed by atoms with Crippen LogP contribution in [0.15, 0.2) is 16.3 Å². The maximum Gasteiger partial charge on any atom is 0.344 e. The van der Waals surface area contributed by atoms with Gasteiger partial charge in [0, 0.05) is 37.9 Å². The Bertz CT molecular complexity index is 474. The third-order valence-electron chi connectivity index (χ3n) is 4.69. The van der Waals surface area contributed by atoms with Crippen LogP contribution in [-0.4, -0.2) is 67.0 Å². The van der Waals surface area contributed by atoms with Gasteiger partial charge in [0.05, 0.1) is 18.9 Å². The Hall–Kier alpha value is -1.40. The fraction of sp³-hybridized carbons (Fsp3) is 0.733. The molecule has 2 amide bonds. The first-order chi connectivity index (χ1) is 10.1. The standard InChI is InChI=1S/C15H24N4O2/c1-11(16)13-4-9-21-10-14(13)17-15(20)19-8-7-18-5-2-12(19)3-6-18/h12H,2-10,16H2,1H3/b13-11-,17-14+. The topological polar surface area (TPSA) is 71.2 Å². The molecule has 0 atom stereocenters. The SMILES string of the molecule is C/C(N)=C1\CCOC\C1=N/C(=O)N1CCN2CCC1CC2. The summed E-state index contributed by atoms with van der Waals surface area (Å²) in [5.74, 6) is 0. The number of allylic oxidation sites excluding steroid dienone is 1. The summed E-state index contributed by atoms with van der Waals surface area (Å²) < 4.78 is 5.44. The van der Waals surface area contributed by atoms with Gasteiger partial charge in [-0.2, -0.15) is 4.99 Å². The highest BCUT2D eigenvalue weighted by Crippen LogP contribution is 2.22. The summed E-state index contributed by atoms with van der Waals surface area (Å²) in [6, 6.07) is 0.222. The maximum atomic E-state index is 12.6. The molecule has 6 nitrogen and oxygen atoms in total. The van der Waals surface area contributed by atoms with Crippen LogP contribution in [0.25, 0.3) is 0 Å². The number of ether oxygens (including phenoxy) is 1. The Morgan fingerprint density at radius 3 is 2.76 bits per heavy atom. The van der Waals surface area contributed by atoms with E-state index in [-0.39, 0.29) is 6.03 Å². The van der Waals surface area contributed by atoms with Crippen LogP contribution in [0.2, 0.25) is 0 Å². The van der Waals surface area contributed by atoms with Gasteiger partial charge in [-0.25, -0.2) is 4.79 Å². The molecule has 0 aromatic heterocycles. The zero-order valence-electron chi connectivity index (χ0n) is 12.7. The number of hydrogen-bond donors (Lipinski definition) is 1. The van der Waals surface area contributed by atoms with Crippen LogP contribution in [0.4, 0.5) is 4.79 Å². The average Bonchev–Trinajstić information content (AvgIpc) is 2.81. The van der Waals surface area contributed by atoms with E-state index in [1.54, 1.807) is 0 Å². The second-order valence-electron chi connectivity index (χ2n) is 6.07. The Morgan fingerprint density at radius 2 is 2.05 bits per heavy atom. The number of amides is 2. The lowest BCUT2D eigenvalue weighted by Crippen LogP contribution is -2.41. The van der Waals surface area contributed by atoms with Crippen molar-refractivity contribution in [3.8, 4) is 0 Å². The van der Waals surface area contributed by atoms with Crippen molar-refractivity contribution in [2.75, 3.05) is 39.4 Å². The molecule has 4 aliphatic heterocycles. The Morgan fingerprint density at radius 1 is 1.29 bits per heavy atom. The highest BCUT2D eigenvalue weighted by atomic mass is 16.5. The number of urea groups is 1. The molecule has 21 heavy (non-hydrogen) atoms. The summed E-state index contributed by atoms with van der Waals surface area (Å²) in [4.78, 5) is 21.3. The molecule has 4 aliphatic rings. The van der Waals surface area contributed by atoms with Gasteiger partial charge in [-0.05, 0) is 31.8 Å². The summed E-state index contributed by atoms with van der Waals surface area (Å²) >= 11 is 0. The molecule has 0 aromatic carbocycles. The number of piperidine rings is 1. The van der Waals surface area contributed by atoms with Gasteiger partial charge in [-0.1, -0.05) is 0 Å². The van der Waals surface area contributed by atoms with Crippen LogP contribution in [0.1, 0.15) is 26.2 Å². The normalized spacial score (nSPS) is 34.0. The van der Waals surface area contributed by atoms with Crippen LogP contribution in [-0.2, 0) is 4.74 Å². The summed E-state index contributed by atoms with van der Waals surface area (Å²) in [5.41, 5.74) is 8.35. The zero-order chi connectivity index (χ0) is 14.8. The fourth-order valence-corrected chi connectivity index (χ4v) is 3.42. The van der Waals surface area contributed by atoms with Crippen molar-refractivity contribution >= 4 is 11.7 Å². The fourth-order valence-electron chi connectivity index (χ4n) is 3.42. The highest BCUT2D eigenvalue weighted by molar-refractivity contribution is 6.07. The maximum absolute atomic E-state index is 12.6. The van der Waals surface area contributed by atoms with Crippen LogP contribution >= 0.6 is 0 Å². The summed E-state index contributed by atoms with van der Waals surface area (Å²) in [7, 11) is 0. The predicted molar refractivity (Wildman–Crippen MR) is 81.3 cm³/mol. The molecule has 4 saturated heterocycles. The van der Waals surface area contributed by atoms with Gasteiger partial charge in [0.25, 0.3) is 0 Å². The van der Waals surface area contributed by atoms with Crippen molar-refractivity contribution < 1.29 is 9.53 Å². The van der Waals surface area contributed by atoms with E-state index >= 15 is 0 Å². The lowest BCUT2D eigenvalue weighted by Gasteiger charge is -2.30. The molecule has 0 radical (unpaired) electrons. The Balaban J connectivity index is 1.78. The van der Waals surface area contributed by atoms with Crippen molar-refractivity contribution in [3.05, 3.63) is 11.3 Å². The van der Waals surface area contributed by atoms with Gasteiger partial charge in [0.2, 0.25) is 0 Å². The second-order valence-corrected chi connectivity index (χ2v) is 6.07. The molecule has 0 unspecified atom stereocenters. The molecule has 4 fully saturated rings. The molecular weight excluding hydrogens is 268 g/mol.